The van der Waals surface area contributed by atoms with Crippen molar-refractivity contribution in [2.75, 3.05) is 18.0 Å². The van der Waals surface area contributed by atoms with Crippen LogP contribution in [0.1, 0.15) is 44.9 Å². The number of piperidine rings is 1. The van der Waals surface area contributed by atoms with E-state index < -0.39 is 4.92 Å². The van der Waals surface area contributed by atoms with Crippen LogP contribution in [0.15, 0.2) is 18.3 Å². The highest BCUT2D eigenvalue weighted by Crippen LogP contribution is 2.27. The summed E-state index contributed by atoms with van der Waals surface area (Å²) in [5.41, 5.74) is 0.0314. The average molecular weight is 347 g/mol. The molecule has 0 bridgehead atoms. The zero-order valence-corrected chi connectivity index (χ0v) is 14.3. The minimum absolute atomic E-state index is 0.0314. The molecule has 2 aliphatic rings. The van der Waals surface area contributed by atoms with Crippen molar-refractivity contribution in [1.82, 2.24) is 15.6 Å². The van der Waals surface area contributed by atoms with Gasteiger partial charge in [0.05, 0.1) is 4.92 Å². The van der Waals surface area contributed by atoms with Crippen molar-refractivity contribution < 1.29 is 9.72 Å². The van der Waals surface area contributed by atoms with Gasteiger partial charge in [-0.3, -0.25) is 10.1 Å². The molecule has 136 valence electrons. The molecule has 2 amide bonds. The number of hydrogen-bond donors (Lipinski definition) is 2. The van der Waals surface area contributed by atoms with E-state index in [9.17, 15) is 14.9 Å². The van der Waals surface area contributed by atoms with E-state index in [0.717, 1.165) is 25.7 Å². The number of nitrogens with zero attached hydrogens (tertiary/aromatic N) is 3. The molecule has 8 nitrogen and oxygen atoms in total. The molecule has 3 rings (SSSR count). The Labute approximate surface area is 147 Å². The molecule has 1 aliphatic heterocycles. The zero-order valence-electron chi connectivity index (χ0n) is 14.3. The Morgan fingerprint density at radius 1 is 1.12 bits per heavy atom. The highest BCUT2D eigenvalue weighted by Gasteiger charge is 2.26. The molecule has 0 atom stereocenters. The van der Waals surface area contributed by atoms with Gasteiger partial charge in [0.2, 0.25) is 5.82 Å². The number of hydrogen-bond acceptors (Lipinski definition) is 5. The molecule has 25 heavy (non-hydrogen) atoms. The molecule has 8 heteroatoms. The van der Waals surface area contributed by atoms with Crippen LogP contribution < -0.4 is 15.5 Å². The molecule has 1 aliphatic carbocycles. The molecule has 1 aromatic rings. The van der Waals surface area contributed by atoms with Crippen LogP contribution in [0.4, 0.5) is 16.3 Å². The lowest BCUT2D eigenvalue weighted by Crippen LogP contribution is -2.50. The summed E-state index contributed by atoms with van der Waals surface area (Å²) < 4.78 is 0. The summed E-state index contributed by atoms with van der Waals surface area (Å²) in [6.45, 7) is 1.29. The summed E-state index contributed by atoms with van der Waals surface area (Å²) in [4.78, 5) is 29.0. The summed E-state index contributed by atoms with van der Waals surface area (Å²) in [7, 11) is 0. The lowest BCUT2D eigenvalue weighted by molar-refractivity contribution is -0.384. The van der Waals surface area contributed by atoms with Crippen molar-refractivity contribution >= 4 is 17.5 Å². The van der Waals surface area contributed by atoms with Gasteiger partial charge in [-0.2, -0.15) is 0 Å². The summed E-state index contributed by atoms with van der Waals surface area (Å²) in [5.74, 6) is 0.414. The standard InChI is InChI=1S/C17H25N5O3/c23-17(19-13-5-2-1-3-6-13)20-14-8-11-21(12-9-14)16-15(22(24)25)7-4-10-18-16/h4,7,10,13-14H,1-3,5-6,8-9,11-12H2,(H2,19,20,23). The van der Waals surface area contributed by atoms with Gasteiger partial charge in [0, 0.05) is 37.4 Å². The van der Waals surface area contributed by atoms with Gasteiger partial charge in [-0.15, -0.1) is 0 Å². The third kappa shape index (κ3) is 4.58. The van der Waals surface area contributed by atoms with Gasteiger partial charge >= 0.3 is 11.7 Å². The number of amides is 2. The Morgan fingerprint density at radius 2 is 1.76 bits per heavy atom. The van der Waals surface area contributed by atoms with Gasteiger partial charge in [0.15, 0.2) is 0 Å². The lowest BCUT2D eigenvalue weighted by Gasteiger charge is -2.33. The van der Waals surface area contributed by atoms with E-state index >= 15 is 0 Å². The van der Waals surface area contributed by atoms with E-state index in [-0.39, 0.29) is 17.8 Å². The fourth-order valence-corrected chi connectivity index (χ4v) is 3.67. The molecular formula is C17H25N5O3. The maximum absolute atomic E-state index is 12.1. The molecule has 0 unspecified atom stereocenters. The van der Waals surface area contributed by atoms with Crippen LogP contribution in [0.5, 0.6) is 0 Å². The first-order chi connectivity index (χ1) is 12.1. The molecule has 1 saturated carbocycles. The molecule has 2 fully saturated rings. The number of nitro groups is 1. The molecule has 2 heterocycles. The fraction of sp³-hybridized carbons (Fsp3) is 0.647. The summed E-state index contributed by atoms with van der Waals surface area (Å²) in [5, 5.41) is 17.2. The number of aromatic nitrogens is 1. The van der Waals surface area contributed by atoms with Crippen LogP contribution in [-0.2, 0) is 0 Å². The molecule has 2 N–H and O–H groups in total. The molecule has 0 spiro atoms. The Hall–Kier alpha value is -2.38. The third-order valence-corrected chi connectivity index (χ3v) is 5.03. The van der Waals surface area contributed by atoms with Crippen molar-refractivity contribution in [1.29, 1.82) is 0 Å². The minimum Gasteiger partial charge on any atom is -0.351 e. The van der Waals surface area contributed by atoms with Crippen molar-refractivity contribution in [2.24, 2.45) is 0 Å². The van der Waals surface area contributed by atoms with E-state index in [0.29, 0.717) is 24.9 Å². The number of nitrogens with one attached hydrogen (secondary N) is 2. The molecule has 0 aromatic carbocycles. The lowest BCUT2D eigenvalue weighted by atomic mass is 9.96. The van der Waals surface area contributed by atoms with Gasteiger partial charge in [0.25, 0.3) is 0 Å². The highest BCUT2D eigenvalue weighted by molar-refractivity contribution is 5.74. The van der Waals surface area contributed by atoms with Crippen LogP contribution >= 0.6 is 0 Å². The zero-order chi connectivity index (χ0) is 17.6. The smallest absolute Gasteiger partial charge is 0.315 e. The van der Waals surface area contributed by atoms with Crippen molar-refractivity contribution in [3.63, 3.8) is 0 Å². The van der Waals surface area contributed by atoms with Crippen molar-refractivity contribution in [3.05, 3.63) is 28.4 Å². The average Bonchev–Trinajstić information content (AvgIpc) is 2.63. The second-order valence-corrected chi connectivity index (χ2v) is 6.82. The third-order valence-electron chi connectivity index (χ3n) is 5.03. The fourth-order valence-electron chi connectivity index (χ4n) is 3.67. The van der Waals surface area contributed by atoms with E-state index in [4.69, 9.17) is 0 Å². The molecule has 1 aromatic heterocycles. The summed E-state index contributed by atoms with van der Waals surface area (Å²) in [6.07, 6.45) is 8.85. The summed E-state index contributed by atoms with van der Waals surface area (Å²) >= 11 is 0. The predicted octanol–water partition coefficient (Wildman–Crippen LogP) is 2.59. The normalized spacial score (nSPS) is 19.4. The second kappa shape index (κ2) is 8.13. The van der Waals surface area contributed by atoms with Gasteiger partial charge in [0.1, 0.15) is 0 Å². The first kappa shape index (κ1) is 17.4. The van der Waals surface area contributed by atoms with Crippen LogP contribution in [0, 0.1) is 10.1 Å². The minimum atomic E-state index is -0.399. The Bertz CT molecular complexity index is 610. The van der Waals surface area contributed by atoms with Gasteiger partial charge in [-0.25, -0.2) is 9.78 Å². The van der Waals surface area contributed by atoms with Crippen molar-refractivity contribution in [3.8, 4) is 0 Å². The van der Waals surface area contributed by atoms with Crippen LogP contribution in [0.3, 0.4) is 0 Å². The Kier molecular flexibility index (Phi) is 5.67. The Balaban J connectivity index is 1.49. The largest absolute Gasteiger partial charge is 0.351 e. The molecular weight excluding hydrogens is 322 g/mol. The number of carbonyl (C=O) groups is 1. The number of pyridine rings is 1. The monoisotopic (exact) mass is 347 g/mol. The number of rotatable bonds is 4. The van der Waals surface area contributed by atoms with E-state index in [2.05, 4.69) is 15.6 Å². The van der Waals surface area contributed by atoms with Crippen LogP contribution in [0.25, 0.3) is 0 Å². The number of carbonyl (C=O) groups excluding carboxylic acids is 1. The van der Waals surface area contributed by atoms with E-state index in [1.165, 1.54) is 25.3 Å². The van der Waals surface area contributed by atoms with Gasteiger partial charge < -0.3 is 15.5 Å². The summed E-state index contributed by atoms with van der Waals surface area (Å²) in [6, 6.07) is 3.36. The van der Waals surface area contributed by atoms with E-state index in [1.807, 2.05) is 4.90 Å². The molecule has 1 saturated heterocycles. The second-order valence-electron chi connectivity index (χ2n) is 6.82. The SMILES string of the molecule is O=C(NC1CCCCC1)NC1CCN(c2ncccc2[N+](=O)[O-])CC1. The van der Waals surface area contributed by atoms with Crippen LogP contribution in [-0.4, -0.2) is 41.1 Å². The number of anilines is 1. The van der Waals surface area contributed by atoms with Gasteiger partial charge in [-0.05, 0) is 31.7 Å². The topological polar surface area (TPSA) is 100 Å². The van der Waals surface area contributed by atoms with Crippen molar-refractivity contribution in [2.45, 2.75) is 57.0 Å². The highest BCUT2D eigenvalue weighted by atomic mass is 16.6. The maximum atomic E-state index is 12.1. The number of urea groups is 1. The molecule has 0 radical (unpaired) electrons. The quantitative estimate of drug-likeness (QED) is 0.644. The maximum Gasteiger partial charge on any atom is 0.315 e. The van der Waals surface area contributed by atoms with Crippen LogP contribution in [0.2, 0.25) is 0 Å². The predicted molar refractivity (Wildman–Crippen MR) is 94.7 cm³/mol. The first-order valence-electron chi connectivity index (χ1n) is 9.05. The van der Waals surface area contributed by atoms with Gasteiger partial charge in [-0.1, -0.05) is 19.3 Å². The van der Waals surface area contributed by atoms with E-state index in [1.54, 1.807) is 12.3 Å². The Morgan fingerprint density at radius 3 is 2.40 bits per heavy atom. The first-order valence-corrected chi connectivity index (χ1v) is 9.05.